The molecule has 0 N–H and O–H groups in total. The second kappa shape index (κ2) is 5.97. The Bertz CT molecular complexity index is 472. The first-order chi connectivity index (χ1) is 8.80. The van der Waals surface area contributed by atoms with Gasteiger partial charge in [0.1, 0.15) is 5.75 Å². The molecule has 0 amide bonds. The van der Waals surface area contributed by atoms with Gasteiger partial charge in [0.2, 0.25) is 0 Å². The Morgan fingerprint density at radius 2 is 2.00 bits per heavy atom. The second-order valence-corrected chi connectivity index (χ2v) is 5.94. The zero-order chi connectivity index (χ0) is 14.6. The van der Waals surface area contributed by atoms with Crippen molar-refractivity contribution < 1.29 is 4.74 Å². The summed E-state index contributed by atoms with van der Waals surface area (Å²) in [6.07, 6.45) is 0. The number of nitrogens with zero attached hydrogens (tertiary/aromatic N) is 2. The van der Waals surface area contributed by atoms with Gasteiger partial charge in [0.15, 0.2) is 0 Å². The molecule has 1 aromatic rings. The number of benzene rings is 1. The van der Waals surface area contributed by atoms with Crippen LogP contribution in [0.3, 0.4) is 0 Å². The van der Waals surface area contributed by atoms with Gasteiger partial charge in [-0.1, -0.05) is 19.9 Å². The molecular weight excluding hydrogens is 236 g/mol. The van der Waals surface area contributed by atoms with E-state index in [-0.39, 0.29) is 5.41 Å². The van der Waals surface area contributed by atoms with Crippen molar-refractivity contribution in [3.63, 3.8) is 0 Å². The number of rotatable bonds is 5. The molecule has 0 aromatic heterocycles. The van der Waals surface area contributed by atoms with Gasteiger partial charge in [0.05, 0.1) is 24.3 Å². The van der Waals surface area contributed by atoms with Crippen LogP contribution in [0.5, 0.6) is 5.75 Å². The fraction of sp³-hybridized carbons (Fsp3) is 0.562. The molecule has 0 saturated carbocycles. The summed E-state index contributed by atoms with van der Waals surface area (Å²) >= 11 is 0. The van der Waals surface area contributed by atoms with Crippen LogP contribution in [0, 0.1) is 16.7 Å². The summed E-state index contributed by atoms with van der Waals surface area (Å²) in [5.41, 5.74) is 1.93. The molecule has 0 aliphatic carbocycles. The van der Waals surface area contributed by atoms with Crippen molar-refractivity contribution in [3.8, 4) is 11.8 Å². The Morgan fingerprint density at radius 3 is 2.47 bits per heavy atom. The third kappa shape index (κ3) is 3.89. The number of nitriles is 1. The van der Waals surface area contributed by atoms with Crippen LogP contribution in [0.1, 0.15) is 39.2 Å². The Morgan fingerprint density at radius 1 is 1.37 bits per heavy atom. The van der Waals surface area contributed by atoms with Crippen LogP contribution in [0.15, 0.2) is 18.2 Å². The highest BCUT2D eigenvalue weighted by atomic mass is 16.5. The van der Waals surface area contributed by atoms with Gasteiger partial charge in [-0.15, -0.1) is 0 Å². The van der Waals surface area contributed by atoms with Crippen molar-refractivity contribution in [2.75, 3.05) is 25.6 Å². The van der Waals surface area contributed by atoms with Crippen LogP contribution in [0.25, 0.3) is 0 Å². The van der Waals surface area contributed by atoms with E-state index < -0.39 is 0 Å². The summed E-state index contributed by atoms with van der Waals surface area (Å²) < 4.78 is 5.42. The highest BCUT2D eigenvalue weighted by Crippen LogP contribution is 2.32. The maximum absolute atomic E-state index is 9.15. The van der Waals surface area contributed by atoms with Gasteiger partial charge < -0.3 is 9.64 Å². The maximum atomic E-state index is 9.15. The predicted molar refractivity (Wildman–Crippen MR) is 79.7 cm³/mol. The topological polar surface area (TPSA) is 36.3 Å². The first-order valence-corrected chi connectivity index (χ1v) is 6.61. The lowest BCUT2D eigenvalue weighted by atomic mass is 9.94. The van der Waals surface area contributed by atoms with Gasteiger partial charge in [0.25, 0.3) is 0 Å². The van der Waals surface area contributed by atoms with E-state index in [2.05, 4.69) is 36.9 Å². The molecule has 1 rings (SSSR count). The lowest BCUT2D eigenvalue weighted by Gasteiger charge is -2.28. The largest absolute Gasteiger partial charge is 0.495 e. The Kier molecular flexibility index (Phi) is 4.83. The average Bonchev–Trinajstić information content (AvgIpc) is 2.37. The summed E-state index contributed by atoms with van der Waals surface area (Å²) in [7, 11) is 3.68. The van der Waals surface area contributed by atoms with Crippen molar-refractivity contribution in [2.45, 2.75) is 33.6 Å². The molecule has 0 bridgehead atoms. The molecule has 0 aliphatic heterocycles. The zero-order valence-corrected chi connectivity index (χ0v) is 12.8. The Hall–Kier alpha value is -1.69. The number of ether oxygens (including phenoxy) is 1. The van der Waals surface area contributed by atoms with Crippen LogP contribution in [0.2, 0.25) is 0 Å². The number of anilines is 1. The lowest BCUT2D eigenvalue weighted by molar-refractivity contribution is 0.412. The van der Waals surface area contributed by atoms with Crippen LogP contribution < -0.4 is 9.64 Å². The molecule has 1 aromatic carbocycles. The van der Waals surface area contributed by atoms with Crippen LogP contribution in [-0.2, 0) is 0 Å². The molecular formula is C16H24N2O. The van der Waals surface area contributed by atoms with Crippen molar-refractivity contribution in [1.29, 1.82) is 5.26 Å². The van der Waals surface area contributed by atoms with Gasteiger partial charge in [-0.3, -0.25) is 0 Å². The highest BCUT2D eigenvalue weighted by Gasteiger charge is 2.21. The van der Waals surface area contributed by atoms with Gasteiger partial charge >= 0.3 is 0 Å². The van der Waals surface area contributed by atoms with Crippen molar-refractivity contribution in [3.05, 3.63) is 23.8 Å². The van der Waals surface area contributed by atoms with Gasteiger partial charge in [-0.2, -0.15) is 5.26 Å². The molecule has 0 aliphatic rings. The quantitative estimate of drug-likeness (QED) is 0.807. The van der Waals surface area contributed by atoms with Gasteiger partial charge in [0, 0.05) is 13.6 Å². The minimum Gasteiger partial charge on any atom is -0.495 e. The molecule has 0 fully saturated rings. The molecule has 0 heterocycles. The van der Waals surface area contributed by atoms with Gasteiger partial charge in [-0.05, 0) is 37.5 Å². The van der Waals surface area contributed by atoms with E-state index in [0.717, 1.165) is 11.4 Å². The zero-order valence-electron chi connectivity index (χ0n) is 12.8. The number of hydrogen-bond donors (Lipinski definition) is 0. The first kappa shape index (κ1) is 15.4. The molecule has 0 spiro atoms. The van der Waals surface area contributed by atoms with Gasteiger partial charge in [-0.25, -0.2) is 0 Å². The minimum atomic E-state index is -0.381. The third-order valence-corrected chi connectivity index (χ3v) is 3.22. The van der Waals surface area contributed by atoms with E-state index in [1.54, 1.807) is 7.11 Å². The van der Waals surface area contributed by atoms with E-state index in [4.69, 9.17) is 10.00 Å². The van der Waals surface area contributed by atoms with Crippen molar-refractivity contribution in [1.82, 2.24) is 0 Å². The molecule has 0 saturated heterocycles. The summed E-state index contributed by atoms with van der Waals surface area (Å²) in [6, 6.07) is 8.58. The molecule has 0 unspecified atom stereocenters. The molecule has 19 heavy (non-hydrogen) atoms. The van der Waals surface area contributed by atoms with Crippen LogP contribution in [0.4, 0.5) is 5.69 Å². The van der Waals surface area contributed by atoms with E-state index >= 15 is 0 Å². The van der Waals surface area contributed by atoms with E-state index in [1.165, 1.54) is 5.56 Å². The summed E-state index contributed by atoms with van der Waals surface area (Å²) in [6.45, 7) is 8.90. The van der Waals surface area contributed by atoms with Crippen molar-refractivity contribution in [2.24, 2.45) is 5.41 Å². The SMILES string of the molecule is COc1ccc(C(C)C)cc1N(C)CC(C)(C)C#N. The maximum Gasteiger partial charge on any atom is 0.142 e. The Labute approximate surface area is 116 Å². The van der Waals surface area contributed by atoms with Crippen molar-refractivity contribution >= 4 is 5.69 Å². The minimum absolute atomic E-state index is 0.381. The molecule has 3 heteroatoms. The smallest absolute Gasteiger partial charge is 0.142 e. The average molecular weight is 260 g/mol. The monoisotopic (exact) mass is 260 g/mol. The Balaban J connectivity index is 3.10. The number of hydrogen-bond acceptors (Lipinski definition) is 3. The second-order valence-electron chi connectivity index (χ2n) is 5.94. The lowest BCUT2D eigenvalue weighted by Crippen LogP contribution is -2.30. The summed E-state index contributed by atoms with van der Waals surface area (Å²) in [5, 5.41) is 9.15. The standard InChI is InChI=1S/C16H24N2O/c1-12(2)13-7-8-15(19-6)14(9-13)18(5)11-16(3,4)10-17/h7-9,12H,11H2,1-6H3. The third-order valence-electron chi connectivity index (χ3n) is 3.22. The molecule has 104 valence electrons. The van der Waals surface area contributed by atoms with E-state index in [9.17, 15) is 0 Å². The van der Waals surface area contributed by atoms with Crippen LogP contribution >= 0.6 is 0 Å². The predicted octanol–water partition coefficient (Wildman–Crippen LogP) is 3.80. The fourth-order valence-corrected chi connectivity index (χ4v) is 2.08. The fourth-order valence-electron chi connectivity index (χ4n) is 2.08. The van der Waals surface area contributed by atoms with Crippen LogP contribution in [-0.4, -0.2) is 20.7 Å². The van der Waals surface area contributed by atoms with E-state index in [0.29, 0.717) is 12.5 Å². The van der Waals surface area contributed by atoms with E-state index in [1.807, 2.05) is 27.0 Å². The highest BCUT2D eigenvalue weighted by molar-refractivity contribution is 5.60. The molecule has 3 nitrogen and oxygen atoms in total. The molecule has 0 radical (unpaired) electrons. The summed E-state index contributed by atoms with van der Waals surface area (Å²) in [4.78, 5) is 2.09. The summed E-state index contributed by atoms with van der Waals surface area (Å²) in [5.74, 6) is 1.32. The normalized spacial score (nSPS) is 11.3. The number of methoxy groups -OCH3 is 1. The molecule has 0 atom stereocenters. The first-order valence-electron chi connectivity index (χ1n) is 6.61.